The summed E-state index contributed by atoms with van der Waals surface area (Å²) in [6.07, 6.45) is 6.61. The van der Waals surface area contributed by atoms with E-state index in [4.69, 9.17) is 4.74 Å². The number of carbonyl (C=O) groups is 2. The summed E-state index contributed by atoms with van der Waals surface area (Å²) in [5.41, 5.74) is 2.99. The minimum atomic E-state index is -2.60. The van der Waals surface area contributed by atoms with Gasteiger partial charge < -0.3 is 19.9 Å². The molecule has 1 aliphatic carbocycles. The summed E-state index contributed by atoms with van der Waals surface area (Å²) in [6, 6.07) is 6.55. The fourth-order valence-corrected chi connectivity index (χ4v) is 4.60. The number of pyridine rings is 1. The topological polar surface area (TPSA) is 98.1 Å². The fourth-order valence-electron chi connectivity index (χ4n) is 3.93. The van der Waals surface area contributed by atoms with Gasteiger partial charge in [-0.1, -0.05) is 26.8 Å². The van der Waals surface area contributed by atoms with E-state index in [1.165, 1.54) is 34.7 Å². The van der Waals surface area contributed by atoms with Crippen molar-refractivity contribution in [2.24, 2.45) is 5.92 Å². The Morgan fingerprint density at radius 2 is 1.88 bits per heavy atom. The number of carbonyl (C=O) groups excluding carboxylic acids is 2. The van der Waals surface area contributed by atoms with Crippen LogP contribution in [0.25, 0.3) is 11.4 Å². The third kappa shape index (κ3) is 11.7. The Hall–Kier alpha value is -3.18. The summed E-state index contributed by atoms with van der Waals surface area (Å²) >= 11 is 1.38. The quantitative estimate of drug-likeness (QED) is 0.231. The summed E-state index contributed by atoms with van der Waals surface area (Å²) in [4.78, 5) is 30.1. The van der Waals surface area contributed by atoms with E-state index in [0.717, 1.165) is 29.4 Å². The average molecular weight is 592 g/mol. The number of alkyl halides is 2. The zero-order valence-corrected chi connectivity index (χ0v) is 25.8. The molecule has 41 heavy (non-hydrogen) atoms. The molecule has 0 aromatic carbocycles. The van der Waals surface area contributed by atoms with Crippen molar-refractivity contribution >= 4 is 28.8 Å². The molecule has 0 bridgehead atoms. The van der Waals surface area contributed by atoms with Gasteiger partial charge in [0.15, 0.2) is 5.13 Å². The van der Waals surface area contributed by atoms with Crippen molar-refractivity contribution in [2.75, 3.05) is 11.9 Å². The number of anilines is 1. The Bertz CT molecular complexity index is 1230. The predicted octanol–water partition coefficient (Wildman–Crippen LogP) is 7.14. The van der Waals surface area contributed by atoms with E-state index >= 15 is 0 Å². The van der Waals surface area contributed by atoms with Gasteiger partial charge in [-0.2, -0.15) is 0 Å². The first-order chi connectivity index (χ1) is 19.4. The number of hydrogen-bond acceptors (Lipinski definition) is 6. The first-order valence-corrected chi connectivity index (χ1v) is 14.9. The molecule has 8 nitrogen and oxygen atoms in total. The van der Waals surface area contributed by atoms with Crippen LogP contribution in [0.1, 0.15) is 82.9 Å². The minimum absolute atomic E-state index is 0.128. The lowest BCUT2D eigenvalue weighted by atomic mass is 10.1. The molecule has 3 aromatic rings. The van der Waals surface area contributed by atoms with Gasteiger partial charge in [-0.25, -0.2) is 13.8 Å². The molecule has 2 amide bonds. The number of aromatic nitrogens is 3. The van der Waals surface area contributed by atoms with Crippen LogP contribution in [-0.2, 0) is 9.53 Å². The van der Waals surface area contributed by atoms with E-state index < -0.39 is 12.0 Å². The molecule has 1 saturated carbocycles. The lowest BCUT2D eigenvalue weighted by Gasteiger charge is -2.19. The number of thiazole rings is 1. The molecule has 3 aromatic heterocycles. The highest BCUT2D eigenvalue weighted by Crippen LogP contribution is 2.52. The molecule has 0 aliphatic heterocycles. The second kappa shape index (κ2) is 16.3. The van der Waals surface area contributed by atoms with E-state index in [2.05, 4.69) is 55.2 Å². The van der Waals surface area contributed by atoms with Gasteiger partial charge in [-0.15, -0.1) is 11.3 Å². The van der Waals surface area contributed by atoms with Gasteiger partial charge in [0, 0.05) is 36.4 Å². The van der Waals surface area contributed by atoms with Crippen molar-refractivity contribution in [1.29, 1.82) is 0 Å². The maximum absolute atomic E-state index is 12.7. The first kappa shape index (κ1) is 34.0. The largest absolute Gasteiger partial charge is 0.376 e. The number of nitrogens with zero attached hydrogens (tertiary/aromatic N) is 3. The molecular weight excluding hydrogens is 548 g/mol. The second-order valence-electron chi connectivity index (χ2n) is 10.4. The molecule has 1 fully saturated rings. The Labute approximate surface area is 245 Å². The van der Waals surface area contributed by atoms with E-state index in [9.17, 15) is 18.4 Å². The summed E-state index contributed by atoms with van der Waals surface area (Å²) in [5.74, 6) is -2.08. The third-order valence-electron chi connectivity index (χ3n) is 6.15. The van der Waals surface area contributed by atoms with Crippen LogP contribution in [0.2, 0.25) is 0 Å². The first-order valence-electron chi connectivity index (χ1n) is 14.0. The van der Waals surface area contributed by atoms with Crippen LogP contribution < -0.4 is 10.6 Å². The van der Waals surface area contributed by atoms with Gasteiger partial charge in [0.2, 0.25) is 6.41 Å². The Morgan fingerprint density at radius 1 is 1.17 bits per heavy atom. The second-order valence-corrected chi connectivity index (χ2v) is 11.3. The third-order valence-corrected chi connectivity index (χ3v) is 6.92. The van der Waals surface area contributed by atoms with Crippen LogP contribution in [0, 0.1) is 12.8 Å². The number of halogens is 2. The molecule has 226 valence electrons. The normalized spacial score (nSPS) is 16.4. The van der Waals surface area contributed by atoms with Gasteiger partial charge in [0.05, 0.1) is 23.5 Å². The molecule has 0 spiro atoms. The van der Waals surface area contributed by atoms with Crippen LogP contribution in [-0.4, -0.2) is 51.5 Å². The van der Waals surface area contributed by atoms with Crippen LogP contribution in [0.15, 0.2) is 42.0 Å². The smallest absolute Gasteiger partial charge is 0.270 e. The maximum atomic E-state index is 12.7. The van der Waals surface area contributed by atoms with Gasteiger partial charge in [0.25, 0.3) is 11.8 Å². The minimum Gasteiger partial charge on any atom is -0.376 e. The predicted molar refractivity (Wildman–Crippen MR) is 161 cm³/mol. The van der Waals surface area contributed by atoms with E-state index in [0.29, 0.717) is 35.9 Å². The van der Waals surface area contributed by atoms with E-state index in [-0.39, 0.29) is 12.3 Å². The fraction of sp³-hybridized carbons (Fsp3) is 0.533. The molecule has 2 N–H and O–H groups in total. The number of nitrogens with one attached hydrogen (secondary N) is 2. The monoisotopic (exact) mass is 591 g/mol. The lowest BCUT2D eigenvalue weighted by Crippen LogP contribution is -2.22. The highest BCUT2D eigenvalue weighted by atomic mass is 32.1. The molecular formula is C30H43F2N5O3S. The zero-order valence-electron chi connectivity index (χ0n) is 25.0. The summed E-state index contributed by atoms with van der Waals surface area (Å²) in [5, 5.41) is 7.58. The number of aryl methyl sites for hydroxylation is 1. The standard InChI is InChI=1S/C10H12F2N2O.C10H9N3OS.C10H22O/c1-2-13-9(15)7-3-4-14(6-7)8-5-10(8,11)12;1-7-3-2-4-8(12-7)9-5-15-10(13-9)11-6-14;1-6-9(4)11-10(5)7-8(2)3/h3-4,6,8H,2,5H2,1H3,(H,13,15);2-6H,1H3,(H,11,13,14);8-10H,6-7H2,1-5H3. The maximum Gasteiger partial charge on any atom is 0.270 e. The van der Waals surface area contributed by atoms with Crippen molar-refractivity contribution in [3.8, 4) is 11.4 Å². The molecule has 3 heterocycles. The van der Waals surface area contributed by atoms with Crippen LogP contribution >= 0.6 is 11.3 Å². The van der Waals surface area contributed by atoms with Gasteiger partial charge in [0.1, 0.15) is 11.7 Å². The average Bonchev–Trinajstić information content (AvgIpc) is 3.28. The number of amides is 2. The van der Waals surface area contributed by atoms with Crippen molar-refractivity contribution < 1.29 is 23.1 Å². The van der Waals surface area contributed by atoms with Crippen molar-refractivity contribution in [3.05, 3.63) is 53.3 Å². The number of ether oxygens (including phenoxy) is 1. The molecule has 4 rings (SSSR count). The SMILES string of the molecule is CCC(C)OC(C)CC(C)C.CCNC(=O)c1ccn(C2CC2(F)F)c1.Cc1cccc(-c2csc(NC=O)n2)n1. The van der Waals surface area contributed by atoms with Crippen LogP contribution in [0.3, 0.4) is 0 Å². The molecule has 3 atom stereocenters. The van der Waals surface area contributed by atoms with E-state index in [1.807, 2.05) is 37.4 Å². The summed E-state index contributed by atoms with van der Waals surface area (Å²) in [6.45, 7) is 15.2. The zero-order chi connectivity index (χ0) is 30.6. The van der Waals surface area contributed by atoms with Crippen molar-refractivity contribution in [1.82, 2.24) is 19.9 Å². The Morgan fingerprint density at radius 3 is 2.44 bits per heavy atom. The highest BCUT2D eigenvalue weighted by molar-refractivity contribution is 7.14. The van der Waals surface area contributed by atoms with Crippen molar-refractivity contribution in [3.63, 3.8) is 0 Å². The van der Waals surface area contributed by atoms with Gasteiger partial charge in [-0.3, -0.25) is 14.6 Å². The van der Waals surface area contributed by atoms with Crippen molar-refractivity contribution in [2.45, 2.75) is 91.9 Å². The molecule has 1 aliphatic rings. The highest BCUT2D eigenvalue weighted by Gasteiger charge is 2.58. The van der Waals surface area contributed by atoms with Crippen LogP contribution in [0.5, 0.6) is 0 Å². The number of rotatable bonds is 11. The number of hydrogen-bond donors (Lipinski definition) is 2. The van der Waals surface area contributed by atoms with E-state index in [1.54, 1.807) is 6.07 Å². The summed E-state index contributed by atoms with van der Waals surface area (Å²) in [7, 11) is 0. The molecule has 0 saturated heterocycles. The summed E-state index contributed by atoms with van der Waals surface area (Å²) < 4.78 is 32.6. The Balaban J connectivity index is 0.000000219. The van der Waals surface area contributed by atoms with Gasteiger partial charge in [-0.05, 0) is 64.7 Å². The van der Waals surface area contributed by atoms with Gasteiger partial charge >= 0.3 is 0 Å². The molecule has 0 radical (unpaired) electrons. The molecule has 3 unspecified atom stereocenters. The Kier molecular flexibility index (Phi) is 13.5. The molecule has 11 heteroatoms. The van der Waals surface area contributed by atoms with Crippen LogP contribution in [0.4, 0.5) is 13.9 Å². The lowest BCUT2D eigenvalue weighted by molar-refractivity contribution is -0.105.